The summed E-state index contributed by atoms with van der Waals surface area (Å²) in [6, 6.07) is 14.8. The zero-order valence-electron chi connectivity index (χ0n) is 16.0. The number of carbonyl (C=O) groups excluding carboxylic acids is 1. The molecule has 2 aromatic rings. The molecule has 0 spiro atoms. The smallest absolute Gasteiger partial charge is 0.259 e. The fourth-order valence-corrected chi connectivity index (χ4v) is 2.35. The van der Waals surface area contributed by atoms with Crippen LogP contribution in [-0.2, 0) is 0 Å². The summed E-state index contributed by atoms with van der Waals surface area (Å²) in [6.45, 7) is 7.77. The summed E-state index contributed by atoms with van der Waals surface area (Å²) in [7, 11) is 0. The van der Waals surface area contributed by atoms with Crippen LogP contribution in [0.2, 0.25) is 0 Å². The SMILES string of the molecule is CCCCOc1ccccc1C(=O)Nc1ccc(OCCC(C)C)cc1. The van der Waals surface area contributed by atoms with E-state index >= 15 is 0 Å². The number of amides is 1. The van der Waals surface area contributed by atoms with Crippen LogP contribution in [-0.4, -0.2) is 19.1 Å². The van der Waals surface area contributed by atoms with Crippen molar-refractivity contribution < 1.29 is 14.3 Å². The van der Waals surface area contributed by atoms with Crippen molar-refractivity contribution in [2.45, 2.75) is 40.0 Å². The third-order valence-corrected chi connectivity index (χ3v) is 3.96. The highest BCUT2D eigenvalue weighted by molar-refractivity contribution is 6.06. The van der Waals surface area contributed by atoms with Crippen LogP contribution in [0.1, 0.15) is 50.4 Å². The Labute approximate surface area is 156 Å². The highest BCUT2D eigenvalue weighted by Crippen LogP contribution is 2.21. The van der Waals surface area contributed by atoms with Crippen molar-refractivity contribution in [3.8, 4) is 11.5 Å². The minimum Gasteiger partial charge on any atom is -0.494 e. The van der Waals surface area contributed by atoms with E-state index in [0.717, 1.165) is 30.7 Å². The Morgan fingerprint density at radius 1 is 1.00 bits per heavy atom. The number of unbranched alkanes of at least 4 members (excludes halogenated alkanes) is 1. The number of hydrogen-bond donors (Lipinski definition) is 1. The molecule has 140 valence electrons. The van der Waals surface area contributed by atoms with Crippen LogP contribution >= 0.6 is 0 Å². The van der Waals surface area contributed by atoms with Gasteiger partial charge in [-0.3, -0.25) is 4.79 Å². The van der Waals surface area contributed by atoms with E-state index in [0.29, 0.717) is 30.4 Å². The quantitative estimate of drug-likeness (QED) is 0.569. The molecule has 2 rings (SSSR count). The van der Waals surface area contributed by atoms with E-state index in [9.17, 15) is 4.79 Å². The molecule has 0 aliphatic heterocycles. The van der Waals surface area contributed by atoms with Crippen LogP contribution in [0.25, 0.3) is 0 Å². The van der Waals surface area contributed by atoms with Gasteiger partial charge in [0.25, 0.3) is 5.91 Å². The maximum Gasteiger partial charge on any atom is 0.259 e. The van der Waals surface area contributed by atoms with E-state index in [1.807, 2.05) is 42.5 Å². The highest BCUT2D eigenvalue weighted by Gasteiger charge is 2.12. The molecule has 0 saturated carbocycles. The Balaban J connectivity index is 1.95. The van der Waals surface area contributed by atoms with Crippen molar-refractivity contribution in [1.82, 2.24) is 0 Å². The van der Waals surface area contributed by atoms with Crippen LogP contribution in [0, 0.1) is 5.92 Å². The predicted octanol–water partition coefficient (Wildman–Crippen LogP) is 5.54. The van der Waals surface area contributed by atoms with Crippen LogP contribution in [0.3, 0.4) is 0 Å². The summed E-state index contributed by atoms with van der Waals surface area (Å²) in [4.78, 5) is 12.6. The van der Waals surface area contributed by atoms with E-state index in [2.05, 4.69) is 26.1 Å². The Morgan fingerprint density at radius 2 is 1.73 bits per heavy atom. The molecule has 0 unspecified atom stereocenters. The standard InChI is InChI=1S/C22H29NO3/c1-4-5-15-26-21-9-7-6-8-20(21)22(24)23-18-10-12-19(13-11-18)25-16-14-17(2)3/h6-13,17H,4-5,14-16H2,1-3H3,(H,23,24). The first-order valence-corrected chi connectivity index (χ1v) is 9.36. The molecule has 0 aromatic heterocycles. The van der Waals surface area contributed by atoms with Crippen LogP contribution < -0.4 is 14.8 Å². The van der Waals surface area contributed by atoms with Crippen LogP contribution in [0.15, 0.2) is 48.5 Å². The normalized spacial score (nSPS) is 10.6. The van der Waals surface area contributed by atoms with Gasteiger partial charge < -0.3 is 14.8 Å². The lowest BCUT2D eigenvalue weighted by atomic mass is 10.1. The number of para-hydroxylation sites is 1. The summed E-state index contributed by atoms with van der Waals surface area (Å²) < 4.78 is 11.4. The van der Waals surface area contributed by atoms with E-state index in [-0.39, 0.29) is 5.91 Å². The van der Waals surface area contributed by atoms with Crippen LogP contribution in [0.5, 0.6) is 11.5 Å². The maximum atomic E-state index is 12.6. The molecule has 0 radical (unpaired) electrons. The van der Waals surface area contributed by atoms with Gasteiger partial charge in [-0.1, -0.05) is 39.3 Å². The molecule has 26 heavy (non-hydrogen) atoms. The lowest BCUT2D eigenvalue weighted by Crippen LogP contribution is -2.14. The first kappa shape index (κ1) is 19.8. The van der Waals surface area contributed by atoms with Crippen molar-refractivity contribution in [3.05, 3.63) is 54.1 Å². The molecule has 0 atom stereocenters. The number of carbonyl (C=O) groups is 1. The van der Waals surface area contributed by atoms with Gasteiger partial charge in [0.2, 0.25) is 0 Å². The van der Waals surface area contributed by atoms with Crippen molar-refractivity contribution in [2.24, 2.45) is 5.92 Å². The monoisotopic (exact) mass is 355 g/mol. The van der Waals surface area contributed by atoms with E-state index < -0.39 is 0 Å². The van der Waals surface area contributed by atoms with Gasteiger partial charge in [0.15, 0.2) is 0 Å². The summed E-state index contributed by atoms with van der Waals surface area (Å²) in [5.41, 5.74) is 1.27. The third-order valence-electron chi connectivity index (χ3n) is 3.96. The topological polar surface area (TPSA) is 47.6 Å². The molecule has 2 aromatic carbocycles. The van der Waals surface area contributed by atoms with Gasteiger partial charge in [0.1, 0.15) is 11.5 Å². The van der Waals surface area contributed by atoms with Crippen molar-refractivity contribution in [2.75, 3.05) is 18.5 Å². The molecule has 0 aliphatic rings. The van der Waals surface area contributed by atoms with E-state index in [1.54, 1.807) is 6.07 Å². The zero-order valence-corrected chi connectivity index (χ0v) is 16.0. The van der Waals surface area contributed by atoms with Crippen molar-refractivity contribution >= 4 is 11.6 Å². The third kappa shape index (κ3) is 6.43. The molecule has 0 bridgehead atoms. The summed E-state index contributed by atoms with van der Waals surface area (Å²) in [5.74, 6) is 1.87. The van der Waals surface area contributed by atoms with Gasteiger partial charge in [-0.2, -0.15) is 0 Å². The summed E-state index contributed by atoms with van der Waals surface area (Å²) in [6.07, 6.45) is 3.04. The van der Waals surface area contributed by atoms with E-state index in [4.69, 9.17) is 9.47 Å². The largest absolute Gasteiger partial charge is 0.494 e. The average molecular weight is 355 g/mol. The number of benzene rings is 2. The van der Waals surface area contributed by atoms with Crippen molar-refractivity contribution in [1.29, 1.82) is 0 Å². The van der Waals surface area contributed by atoms with Crippen molar-refractivity contribution in [3.63, 3.8) is 0 Å². The summed E-state index contributed by atoms with van der Waals surface area (Å²) in [5, 5.41) is 2.92. The second-order valence-electron chi connectivity index (χ2n) is 6.71. The molecule has 0 aliphatic carbocycles. The molecule has 0 fully saturated rings. The number of nitrogens with one attached hydrogen (secondary N) is 1. The van der Waals surface area contributed by atoms with Gasteiger partial charge in [-0.15, -0.1) is 0 Å². The Bertz CT molecular complexity index is 680. The second-order valence-corrected chi connectivity index (χ2v) is 6.71. The molecule has 1 amide bonds. The lowest BCUT2D eigenvalue weighted by molar-refractivity contribution is 0.102. The minimum atomic E-state index is -0.175. The van der Waals surface area contributed by atoms with E-state index in [1.165, 1.54) is 0 Å². The lowest BCUT2D eigenvalue weighted by Gasteiger charge is -2.12. The fraction of sp³-hybridized carbons (Fsp3) is 0.409. The Morgan fingerprint density at radius 3 is 2.42 bits per heavy atom. The van der Waals surface area contributed by atoms with Gasteiger partial charge in [-0.25, -0.2) is 0 Å². The number of ether oxygens (including phenoxy) is 2. The Kier molecular flexibility index (Phi) is 8.00. The first-order chi connectivity index (χ1) is 12.6. The molecule has 1 N–H and O–H groups in total. The van der Waals surface area contributed by atoms with Gasteiger partial charge >= 0.3 is 0 Å². The Hall–Kier alpha value is -2.49. The molecule has 0 saturated heterocycles. The van der Waals surface area contributed by atoms with Gasteiger partial charge in [0, 0.05) is 5.69 Å². The predicted molar refractivity (Wildman–Crippen MR) is 106 cm³/mol. The average Bonchev–Trinajstić information content (AvgIpc) is 2.63. The first-order valence-electron chi connectivity index (χ1n) is 9.36. The van der Waals surface area contributed by atoms with Crippen LogP contribution in [0.4, 0.5) is 5.69 Å². The minimum absolute atomic E-state index is 0.175. The number of anilines is 1. The maximum absolute atomic E-state index is 12.6. The fourth-order valence-electron chi connectivity index (χ4n) is 2.35. The summed E-state index contributed by atoms with van der Waals surface area (Å²) >= 11 is 0. The molecule has 0 heterocycles. The number of rotatable bonds is 10. The van der Waals surface area contributed by atoms with Gasteiger partial charge in [-0.05, 0) is 55.2 Å². The van der Waals surface area contributed by atoms with Gasteiger partial charge in [0.05, 0.1) is 18.8 Å². The second kappa shape index (κ2) is 10.5. The molecular weight excluding hydrogens is 326 g/mol. The molecular formula is C22H29NO3. The molecule has 4 heteroatoms. The highest BCUT2D eigenvalue weighted by atomic mass is 16.5. The molecule has 4 nitrogen and oxygen atoms in total. The number of hydrogen-bond acceptors (Lipinski definition) is 3. The zero-order chi connectivity index (χ0) is 18.8.